The van der Waals surface area contributed by atoms with Gasteiger partial charge in [0, 0.05) is 5.69 Å². The molecule has 0 saturated heterocycles. The molecular formula is C10H8F7N. The lowest BCUT2D eigenvalue weighted by Gasteiger charge is -2.29. The van der Waals surface area contributed by atoms with Crippen molar-refractivity contribution in [3.63, 3.8) is 0 Å². The molecule has 1 nitrogen and oxygen atoms in total. The van der Waals surface area contributed by atoms with Crippen LogP contribution in [-0.2, 0) is 0 Å². The summed E-state index contributed by atoms with van der Waals surface area (Å²) in [5.41, 5.74) is -0.374. The van der Waals surface area contributed by atoms with E-state index in [1.165, 1.54) is 25.1 Å². The lowest BCUT2D eigenvalue weighted by molar-refractivity contribution is -0.346. The van der Waals surface area contributed by atoms with Crippen LogP contribution in [-0.4, -0.2) is 18.1 Å². The van der Waals surface area contributed by atoms with E-state index in [4.69, 9.17) is 0 Å². The molecule has 1 N–H and O–H groups in total. The Bertz CT molecular complexity index is 424. The van der Waals surface area contributed by atoms with E-state index in [2.05, 4.69) is 0 Å². The Balaban J connectivity index is 3.06. The van der Waals surface area contributed by atoms with Gasteiger partial charge in [-0.2, -0.15) is 30.7 Å². The van der Waals surface area contributed by atoms with Crippen molar-refractivity contribution in [2.45, 2.75) is 25.1 Å². The summed E-state index contributed by atoms with van der Waals surface area (Å²) in [5.74, 6) is -6.16. The smallest absolute Gasteiger partial charge is 0.321 e. The van der Waals surface area contributed by atoms with Gasteiger partial charge in [-0.25, -0.2) is 0 Å². The molecule has 1 aromatic carbocycles. The molecular weight excluding hydrogens is 267 g/mol. The van der Waals surface area contributed by atoms with E-state index < -0.39 is 23.8 Å². The van der Waals surface area contributed by atoms with Crippen LogP contribution < -0.4 is 5.32 Å². The number of halogens is 7. The molecule has 18 heavy (non-hydrogen) atoms. The lowest BCUT2D eigenvalue weighted by atomic mass is 10.2. The number of hydrogen-bond donors (Lipinski definition) is 1. The molecule has 0 radical (unpaired) electrons. The standard InChI is InChI=1S/C10H8F7N/c1-6-4-2-3-5-7(6)18-10(16,17)8(11,12)9(13,14)15/h2-5,18H,1H3. The van der Waals surface area contributed by atoms with Gasteiger partial charge in [-0.05, 0) is 18.6 Å². The lowest BCUT2D eigenvalue weighted by Crippen LogP contribution is -2.56. The SMILES string of the molecule is Cc1ccccc1NC(F)(F)C(F)(F)C(F)(F)F. The Labute approximate surface area is 97.6 Å². The van der Waals surface area contributed by atoms with Gasteiger partial charge in [0.1, 0.15) is 0 Å². The van der Waals surface area contributed by atoms with Crippen LogP contribution in [0.2, 0.25) is 0 Å². The summed E-state index contributed by atoms with van der Waals surface area (Å²) in [5, 5.41) is 0.930. The Morgan fingerprint density at radius 2 is 1.39 bits per heavy atom. The molecule has 0 aliphatic carbocycles. The predicted molar refractivity (Wildman–Crippen MR) is 50.8 cm³/mol. The van der Waals surface area contributed by atoms with Crippen molar-refractivity contribution < 1.29 is 30.7 Å². The maximum Gasteiger partial charge on any atom is 0.462 e. The third-order valence-electron chi connectivity index (χ3n) is 2.19. The maximum absolute atomic E-state index is 13.0. The number of nitrogens with one attached hydrogen (secondary N) is 1. The van der Waals surface area contributed by atoms with Crippen molar-refractivity contribution in [2.24, 2.45) is 0 Å². The largest absolute Gasteiger partial charge is 0.462 e. The molecule has 1 rings (SSSR count). The van der Waals surface area contributed by atoms with Gasteiger partial charge in [0.2, 0.25) is 0 Å². The first-order chi connectivity index (χ1) is 7.99. The molecule has 0 aliphatic heterocycles. The summed E-state index contributed by atoms with van der Waals surface area (Å²) in [6, 6.07) is -0.491. The van der Waals surface area contributed by atoms with Crippen LogP contribution in [0.5, 0.6) is 0 Å². The summed E-state index contributed by atoms with van der Waals surface area (Å²) in [7, 11) is 0. The van der Waals surface area contributed by atoms with Gasteiger partial charge in [-0.15, -0.1) is 0 Å². The normalized spacial score (nSPS) is 13.6. The summed E-state index contributed by atoms with van der Waals surface area (Å²) >= 11 is 0. The number of anilines is 1. The fourth-order valence-electron chi connectivity index (χ4n) is 1.14. The van der Waals surface area contributed by atoms with Crippen molar-refractivity contribution in [1.29, 1.82) is 0 Å². The second kappa shape index (κ2) is 4.33. The molecule has 1 aromatic rings. The molecule has 102 valence electrons. The average Bonchev–Trinajstić information content (AvgIpc) is 2.19. The van der Waals surface area contributed by atoms with Gasteiger partial charge in [0.15, 0.2) is 0 Å². The van der Waals surface area contributed by atoms with Crippen LogP contribution in [0, 0.1) is 6.92 Å². The second-order valence-electron chi connectivity index (χ2n) is 3.59. The quantitative estimate of drug-likeness (QED) is 0.644. The minimum Gasteiger partial charge on any atom is -0.321 e. The van der Waals surface area contributed by atoms with Crippen molar-refractivity contribution in [1.82, 2.24) is 0 Å². The van der Waals surface area contributed by atoms with Gasteiger partial charge in [-0.1, -0.05) is 18.2 Å². The molecule has 0 saturated carbocycles. The van der Waals surface area contributed by atoms with Crippen LogP contribution in [0.15, 0.2) is 24.3 Å². The Hall–Kier alpha value is -1.47. The Morgan fingerprint density at radius 1 is 0.889 bits per heavy atom. The van der Waals surface area contributed by atoms with E-state index in [1.807, 2.05) is 0 Å². The van der Waals surface area contributed by atoms with Crippen LogP contribution >= 0.6 is 0 Å². The summed E-state index contributed by atoms with van der Waals surface area (Å²) in [4.78, 5) is 0. The number of aryl methyl sites for hydroxylation is 1. The van der Waals surface area contributed by atoms with Crippen LogP contribution in [0.25, 0.3) is 0 Å². The maximum atomic E-state index is 13.0. The van der Waals surface area contributed by atoms with E-state index >= 15 is 0 Å². The van der Waals surface area contributed by atoms with Gasteiger partial charge in [0.05, 0.1) is 0 Å². The molecule has 0 amide bonds. The first-order valence-electron chi connectivity index (χ1n) is 4.65. The van der Waals surface area contributed by atoms with Gasteiger partial charge in [-0.3, -0.25) is 0 Å². The van der Waals surface area contributed by atoms with Crippen LogP contribution in [0.3, 0.4) is 0 Å². The van der Waals surface area contributed by atoms with Crippen molar-refractivity contribution in [2.75, 3.05) is 5.32 Å². The molecule has 0 spiro atoms. The summed E-state index contributed by atoms with van der Waals surface area (Å²) in [6.07, 6.45) is -6.34. The number of alkyl halides is 7. The second-order valence-corrected chi connectivity index (χ2v) is 3.59. The van der Waals surface area contributed by atoms with E-state index in [1.54, 1.807) is 0 Å². The molecule has 0 fully saturated rings. The minimum absolute atomic E-state index is 0.121. The fraction of sp³-hybridized carbons (Fsp3) is 0.400. The zero-order chi connectivity index (χ0) is 14.2. The third-order valence-corrected chi connectivity index (χ3v) is 2.19. The number of benzene rings is 1. The highest BCUT2D eigenvalue weighted by molar-refractivity contribution is 5.51. The van der Waals surface area contributed by atoms with E-state index in [-0.39, 0.29) is 5.56 Å². The fourth-order valence-corrected chi connectivity index (χ4v) is 1.14. The highest BCUT2D eigenvalue weighted by Crippen LogP contribution is 2.46. The Morgan fingerprint density at radius 3 is 1.83 bits per heavy atom. The van der Waals surface area contributed by atoms with Gasteiger partial charge < -0.3 is 5.32 Å². The number of hydrogen-bond acceptors (Lipinski definition) is 1. The third kappa shape index (κ3) is 2.51. The van der Waals surface area contributed by atoms with Gasteiger partial charge >= 0.3 is 18.1 Å². The zero-order valence-corrected chi connectivity index (χ0v) is 8.96. The Kier molecular flexibility index (Phi) is 3.51. The molecule has 0 atom stereocenters. The van der Waals surface area contributed by atoms with E-state index in [9.17, 15) is 30.7 Å². The van der Waals surface area contributed by atoms with Crippen molar-refractivity contribution in [3.8, 4) is 0 Å². The molecule has 8 heteroatoms. The molecule has 0 aromatic heterocycles. The van der Waals surface area contributed by atoms with E-state index in [0.29, 0.717) is 0 Å². The van der Waals surface area contributed by atoms with Crippen molar-refractivity contribution >= 4 is 5.69 Å². The zero-order valence-electron chi connectivity index (χ0n) is 8.96. The highest BCUT2D eigenvalue weighted by Gasteiger charge is 2.73. The highest BCUT2D eigenvalue weighted by atomic mass is 19.4. The predicted octanol–water partition coefficient (Wildman–Crippen LogP) is 4.20. The molecule has 0 bridgehead atoms. The first-order valence-corrected chi connectivity index (χ1v) is 4.65. The van der Waals surface area contributed by atoms with Crippen LogP contribution in [0.4, 0.5) is 36.4 Å². The topological polar surface area (TPSA) is 12.0 Å². The number of rotatable bonds is 3. The average molecular weight is 275 g/mol. The summed E-state index contributed by atoms with van der Waals surface area (Å²) in [6.45, 7) is 1.30. The minimum atomic E-state index is -6.34. The van der Waals surface area contributed by atoms with Gasteiger partial charge in [0.25, 0.3) is 0 Å². The van der Waals surface area contributed by atoms with Crippen molar-refractivity contribution in [3.05, 3.63) is 29.8 Å². The van der Waals surface area contributed by atoms with Crippen LogP contribution in [0.1, 0.15) is 5.56 Å². The summed E-state index contributed by atoms with van der Waals surface area (Å²) < 4.78 is 86.7. The molecule has 0 aliphatic rings. The monoisotopic (exact) mass is 275 g/mol. The number of para-hydroxylation sites is 1. The first kappa shape index (κ1) is 14.6. The molecule has 0 heterocycles. The molecule has 0 unspecified atom stereocenters. The van der Waals surface area contributed by atoms with E-state index in [0.717, 1.165) is 11.4 Å².